The van der Waals surface area contributed by atoms with Gasteiger partial charge in [0.05, 0.1) is 165 Å². The summed E-state index contributed by atoms with van der Waals surface area (Å²) in [6.07, 6.45) is 4.98. The molecule has 0 aliphatic carbocycles. The van der Waals surface area contributed by atoms with Crippen molar-refractivity contribution in [1.29, 1.82) is 0 Å². The van der Waals surface area contributed by atoms with Gasteiger partial charge in [0, 0.05) is 13.2 Å². The molecule has 0 rings (SSSR count). The molecule has 14 nitrogen and oxygen atoms in total. The Morgan fingerprint density at radius 1 is 0.271 bits per heavy atom. The summed E-state index contributed by atoms with van der Waals surface area (Å²) in [6, 6.07) is 0. The Bertz CT molecular complexity index is 516. The van der Waals surface area contributed by atoms with Crippen LogP contribution in [-0.2, 0) is 61.6 Å². The van der Waals surface area contributed by atoms with Crippen molar-refractivity contribution < 1.29 is 61.6 Å². The third-order valence-electron chi connectivity index (χ3n) is 6.13. The lowest BCUT2D eigenvalue weighted by atomic mass is 10.2. The Morgan fingerprint density at radius 3 is 0.708 bits per heavy atom. The van der Waals surface area contributed by atoms with Gasteiger partial charge in [-0.05, 0) is 24.3 Å². The van der Waals surface area contributed by atoms with Crippen molar-refractivity contribution in [1.82, 2.24) is 5.32 Å². The molecule has 0 aliphatic heterocycles. The van der Waals surface area contributed by atoms with E-state index in [-0.39, 0.29) is 0 Å². The third kappa shape index (κ3) is 46.2. The number of unbranched alkanes of at least 4 members (excludes halogenated alkanes) is 3. The summed E-state index contributed by atoms with van der Waals surface area (Å²) in [5, 5.41) is 3.02. The summed E-state index contributed by atoms with van der Waals surface area (Å²) in [5.74, 6) is 0. The van der Waals surface area contributed by atoms with E-state index in [4.69, 9.17) is 61.6 Å². The van der Waals surface area contributed by atoms with Crippen molar-refractivity contribution in [2.75, 3.05) is 190 Å². The average molecular weight is 814 g/mol. The molecule has 48 heavy (non-hydrogen) atoms. The number of rotatable bonds is 45. The first-order valence-corrected chi connectivity index (χ1v) is 19.2. The fraction of sp³-hybridized carbons (Fsp3) is 1.00. The van der Waals surface area contributed by atoms with Gasteiger partial charge in [-0.1, -0.05) is 35.4 Å². The molecule has 0 radical (unpaired) electrons. The van der Waals surface area contributed by atoms with Crippen molar-refractivity contribution in [3.63, 3.8) is 0 Å². The number of hydrogen-bond acceptors (Lipinski definition) is 14. The first-order chi connectivity index (χ1) is 23.9. The zero-order chi connectivity index (χ0) is 34.5. The Balaban J connectivity index is 3.04. The van der Waals surface area contributed by atoms with Crippen LogP contribution >= 0.6 is 22.6 Å². The van der Waals surface area contributed by atoms with Gasteiger partial charge in [0.25, 0.3) is 0 Å². The molecular weight excluding hydrogens is 745 g/mol. The number of likely N-dealkylation sites (N-methyl/N-ethyl adjacent to an activating group) is 1. The molecule has 0 aromatic rings. The molecule has 15 heteroatoms. The Labute approximate surface area is 304 Å². The highest BCUT2D eigenvalue weighted by atomic mass is 127. The van der Waals surface area contributed by atoms with Gasteiger partial charge in [-0.2, -0.15) is 0 Å². The van der Waals surface area contributed by atoms with Gasteiger partial charge in [0.2, 0.25) is 0 Å². The Kier molecular flexibility index (Phi) is 47.3. The van der Waals surface area contributed by atoms with E-state index >= 15 is 0 Å². The maximum Gasteiger partial charge on any atom is 0.0701 e. The van der Waals surface area contributed by atoms with E-state index in [1.807, 2.05) is 7.05 Å². The van der Waals surface area contributed by atoms with E-state index in [0.717, 1.165) is 19.6 Å². The summed E-state index contributed by atoms with van der Waals surface area (Å²) in [5.41, 5.74) is 0. The maximum atomic E-state index is 5.56. The molecule has 290 valence electrons. The molecule has 0 spiro atoms. The lowest BCUT2D eigenvalue weighted by molar-refractivity contribution is -0.0290. The van der Waals surface area contributed by atoms with E-state index < -0.39 is 0 Å². The van der Waals surface area contributed by atoms with Gasteiger partial charge in [0.15, 0.2) is 0 Å². The monoisotopic (exact) mass is 813 g/mol. The standard InChI is InChI=1S/C33H68INO13/c1-35-7-9-37-11-13-39-15-17-41-19-21-43-23-25-45-27-29-47-31-33-48-32-30-46-28-26-44-24-22-42-20-18-40-16-14-38-12-10-36-8-5-3-2-4-6-34/h35H,2-33H2,1H3. The average Bonchev–Trinajstić information content (AvgIpc) is 3.10. The number of ether oxygens (including phenoxy) is 13. The molecule has 0 heterocycles. The van der Waals surface area contributed by atoms with Crippen LogP contribution in [0, 0.1) is 0 Å². The second-order valence-corrected chi connectivity index (χ2v) is 11.2. The van der Waals surface area contributed by atoms with Crippen LogP contribution in [0.2, 0.25) is 0 Å². The third-order valence-corrected chi connectivity index (χ3v) is 6.90. The minimum Gasteiger partial charge on any atom is -0.379 e. The minimum absolute atomic E-state index is 0.515. The fourth-order valence-electron chi connectivity index (χ4n) is 3.57. The molecule has 0 unspecified atom stereocenters. The second-order valence-electron chi connectivity index (χ2n) is 10.2. The first-order valence-electron chi connectivity index (χ1n) is 17.6. The number of halogens is 1. The number of nitrogens with one attached hydrogen (secondary N) is 1. The first kappa shape index (κ1) is 48.2. The van der Waals surface area contributed by atoms with Crippen LogP contribution in [0.15, 0.2) is 0 Å². The molecule has 0 saturated heterocycles. The molecule has 0 amide bonds. The molecule has 0 aliphatic rings. The highest BCUT2D eigenvalue weighted by Crippen LogP contribution is 2.02. The molecular formula is C33H68INO13. The summed E-state index contributed by atoms with van der Waals surface area (Å²) < 4.78 is 72.4. The van der Waals surface area contributed by atoms with E-state index in [2.05, 4.69) is 27.9 Å². The van der Waals surface area contributed by atoms with Crippen LogP contribution in [0.3, 0.4) is 0 Å². The highest BCUT2D eigenvalue weighted by molar-refractivity contribution is 14.1. The Hall–Kier alpha value is 0.170. The molecule has 0 saturated carbocycles. The van der Waals surface area contributed by atoms with Crippen LogP contribution in [0.1, 0.15) is 25.7 Å². The lowest BCUT2D eigenvalue weighted by Gasteiger charge is -2.09. The van der Waals surface area contributed by atoms with E-state index in [0.29, 0.717) is 165 Å². The van der Waals surface area contributed by atoms with E-state index in [1.54, 1.807) is 0 Å². The quantitative estimate of drug-likeness (QED) is 0.0549. The maximum absolute atomic E-state index is 5.56. The van der Waals surface area contributed by atoms with Crippen LogP contribution in [0.25, 0.3) is 0 Å². The van der Waals surface area contributed by atoms with Crippen molar-refractivity contribution in [3.05, 3.63) is 0 Å². The van der Waals surface area contributed by atoms with E-state index in [9.17, 15) is 0 Å². The predicted molar refractivity (Wildman–Crippen MR) is 192 cm³/mol. The zero-order valence-electron chi connectivity index (χ0n) is 29.8. The molecule has 0 bridgehead atoms. The summed E-state index contributed by atoms with van der Waals surface area (Å²) in [7, 11) is 1.90. The summed E-state index contributed by atoms with van der Waals surface area (Å²) in [4.78, 5) is 0. The highest BCUT2D eigenvalue weighted by Gasteiger charge is 1.97. The van der Waals surface area contributed by atoms with Gasteiger partial charge < -0.3 is 66.9 Å². The lowest BCUT2D eigenvalue weighted by Crippen LogP contribution is -2.17. The van der Waals surface area contributed by atoms with Gasteiger partial charge >= 0.3 is 0 Å². The van der Waals surface area contributed by atoms with Crippen LogP contribution in [0.5, 0.6) is 0 Å². The SMILES string of the molecule is CNCCOCCOCCOCCOCCOCCOCCOCCOCCOCCOCCOCCOCCOCCCCCCI. The fourth-order valence-corrected chi connectivity index (χ4v) is 4.11. The molecule has 0 aromatic carbocycles. The van der Waals surface area contributed by atoms with Gasteiger partial charge in [-0.25, -0.2) is 0 Å². The van der Waals surface area contributed by atoms with Gasteiger partial charge in [0.1, 0.15) is 0 Å². The summed E-state index contributed by atoms with van der Waals surface area (Å²) in [6.45, 7) is 15.4. The molecule has 0 atom stereocenters. The normalized spacial score (nSPS) is 11.6. The molecule has 0 aromatic heterocycles. The van der Waals surface area contributed by atoms with Crippen molar-refractivity contribution in [2.45, 2.75) is 25.7 Å². The van der Waals surface area contributed by atoms with Crippen LogP contribution in [0.4, 0.5) is 0 Å². The van der Waals surface area contributed by atoms with Crippen molar-refractivity contribution in [3.8, 4) is 0 Å². The molecule has 1 N–H and O–H groups in total. The number of alkyl halides is 1. The largest absolute Gasteiger partial charge is 0.379 e. The topological polar surface area (TPSA) is 132 Å². The molecule has 0 fully saturated rings. The smallest absolute Gasteiger partial charge is 0.0701 e. The van der Waals surface area contributed by atoms with Gasteiger partial charge in [-0.15, -0.1) is 0 Å². The summed E-state index contributed by atoms with van der Waals surface area (Å²) >= 11 is 2.42. The van der Waals surface area contributed by atoms with E-state index in [1.165, 1.54) is 23.7 Å². The van der Waals surface area contributed by atoms with Gasteiger partial charge in [-0.3, -0.25) is 0 Å². The minimum atomic E-state index is 0.515. The predicted octanol–water partition coefficient (Wildman–Crippen LogP) is 2.42. The Morgan fingerprint density at radius 2 is 0.479 bits per heavy atom. The van der Waals surface area contributed by atoms with Crippen LogP contribution in [-0.4, -0.2) is 190 Å². The zero-order valence-corrected chi connectivity index (χ0v) is 32.0. The van der Waals surface area contributed by atoms with Crippen molar-refractivity contribution >= 4 is 22.6 Å². The van der Waals surface area contributed by atoms with Crippen LogP contribution < -0.4 is 5.32 Å². The number of hydrogen-bond donors (Lipinski definition) is 1. The van der Waals surface area contributed by atoms with Crippen molar-refractivity contribution in [2.24, 2.45) is 0 Å². The second kappa shape index (κ2) is 47.2.